The first-order valence-electron chi connectivity index (χ1n) is 5.81. The second-order valence-corrected chi connectivity index (χ2v) is 4.94. The number of anilines is 1. The number of esters is 1. The van der Waals surface area contributed by atoms with Crippen LogP contribution in [0.1, 0.15) is 13.3 Å². The van der Waals surface area contributed by atoms with Gasteiger partial charge in [-0.25, -0.2) is 9.59 Å². The van der Waals surface area contributed by atoms with E-state index < -0.39 is 6.04 Å². The molecule has 0 aliphatic rings. The molecule has 1 unspecified atom stereocenters. The van der Waals surface area contributed by atoms with Crippen molar-refractivity contribution in [3.63, 3.8) is 0 Å². The van der Waals surface area contributed by atoms with Gasteiger partial charge in [-0.1, -0.05) is 6.92 Å². The lowest BCUT2D eigenvalue weighted by Gasteiger charge is -2.16. The molecule has 0 fully saturated rings. The van der Waals surface area contributed by atoms with Crippen LogP contribution in [0.4, 0.5) is 5.69 Å². The monoisotopic (exact) mass is 327 g/mol. The molecule has 102 valence electrons. The second kappa shape index (κ2) is 5.48. The van der Waals surface area contributed by atoms with Gasteiger partial charge in [0, 0.05) is 4.47 Å². The number of benzene rings is 1. The van der Waals surface area contributed by atoms with Crippen molar-refractivity contribution in [2.75, 3.05) is 12.4 Å². The number of carbonyl (C=O) groups excluding carboxylic acids is 1. The maximum absolute atomic E-state index is 11.6. The van der Waals surface area contributed by atoms with E-state index in [0.29, 0.717) is 17.5 Å². The predicted octanol–water partition coefficient (Wildman–Crippen LogP) is 1.98. The molecule has 0 aliphatic heterocycles. The Kier molecular flexibility index (Phi) is 3.94. The van der Waals surface area contributed by atoms with Crippen LogP contribution in [-0.2, 0) is 9.53 Å². The molecule has 0 spiro atoms. The minimum absolute atomic E-state index is 0.265. The van der Waals surface area contributed by atoms with E-state index in [2.05, 4.69) is 31.2 Å². The molecule has 0 saturated heterocycles. The Morgan fingerprint density at radius 1 is 1.42 bits per heavy atom. The number of ether oxygens (including phenoxy) is 1. The van der Waals surface area contributed by atoms with Crippen molar-refractivity contribution < 1.29 is 9.53 Å². The average molecular weight is 328 g/mol. The largest absolute Gasteiger partial charge is 0.467 e. The number of hydrogen-bond donors (Lipinski definition) is 3. The summed E-state index contributed by atoms with van der Waals surface area (Å²) in [6, 6.07) is 3.12. The molecule has 1 aromatic carbocycles. The lowest BCUT2D eigenvalue weighted by Crippen LogP contribution is -2.29. The highest BCUT2D eigenvalue weighted by atomic mass is 79.9. The first-order chi connectivity index (χ1) is 9.05. The van der Waals surface area contributed by atoms with Gasteiger partial charge >= 0.3 is 11.7 Å². The van der Waals surface area contributed by atoms with Crippen molar-refractivity contribution in [1.29, 1.82) is 0 Å². The van der Waals surface area contributed by atoms with Crippen LogP contribution < -0.4 is 11.0 Å². The Morgan fingerprint density at radius 3 is 2.63 bits per heavy atom. The quantitative estimate of drug-likeness (QED) is 0.749. The van der Waals surface area contributed by atoms with Crippen LogP contribution in [0, 0.1) is 0 Å². The number of halogens is 1. The minimum Gasteiger partial charge on any atom is -0.467 e. The zero-order chi connectivity index (χ0) is 14.0. The number of H-pyrrole nitrogens is 2. The van der Waals surface area contributed by atoms with Crippen LogP contribution in [0.15, 0.2) is 21.4 Å². The third-order valence-electron chi connectivity index (χ3n) is 2.83. The maximum atomic E-state index is 11.6. The fourth-order valence-corrected chi connectivity index (χ4v) is 2.28. The number of imidazole rings is 1. The summed E-state index contributed by atoms with van der Waals surface area (Å²) in [6.45, 7) is 1.89. The van der Waals surface area contributed by atoms with E-state index in [-0.39, 0.29) is 11.7 Å². The molecule has 1 aromatic heterocycles. The third-order valence-corrected chi connectivity index (χ3v) is 3.48. The molecule has 0 amide bonds. The molecular weight excluding hydrogens is 314 g/mol. The Bertz CT molecular complexity index is 662. The van der Waals surface area contributed by atoms with Crippen molar-refractivity contribution >= 4 is 38.6 Å². The highest BCUT2D eigenvalue weighted by Crippen LogP contribution is 2.27. The number of nitrogens with one attached hydrogen (secondary N) is 3. The Labute approximate surface area is 117 Å². The number of aromatic amines is 2. The van der Waals surface area contributed by atoms with Crippen molar-refractivity contribution in [3.05, 3.63) is 27.1 Å². The molecular formula is C12H14BrN3O3. The molecule has 2 aromatic rings. The summed E-state index contributed by atoms with van der Waals surface area (Å²) < 4.78 is 5.49. The number of rotatable bonds is 4. The lowest BCUT2D eigenvalue weighted by atomic mass is 10.2. The van der Waals surface area contributed by atoms with Crippen molar-refractivity contribution in [3.8, 4) is 0 Å². The molecule has 0 radical (unpaired) electrons. The van der Waals surface area contributed by atoms with E-state index in [1.54, 1.807) is 12.1 Å². The molecule has 0 aliphatic carbocycles. The van der Waals surface area contributed by atoms with Crippen LogP contribution in [0.25, 0.3) is 11.0 Å². The van der Waals surface area contributed by atoms with Gasteiger partial charge in [0.25, 0.3) is 0 Å². The predicted molar refractivity (Wildman–Crippen MR) is 76.3 cm³/mol. The minimum atomic E-state index is -0.426. The SMILES string of the molecule is CCC(Nc1cc2[nH]c(=O)[nH]c2cc1Br)C(=O)OC. The molecule has 19 heavy (non-hydrogen) atoms. The summed E-state index contributed by atoms with van der Waals surface area (Å²) in [7, 11) is 1.36. The summed E-state index contributed by atoms with van der Waals surface area (Å²) in [5, 5.41) is 3.09. The van der Waals surface area contributed by atoms with E-state index in [0.717, 1.165) is 10.2 Å². The number of methoxy groups -OCH3 is 1. The van der Waals surface area contributed by atoms with E-state index in [1.165, 1.54) is 7.11 Å². The van der Waals surface area contributed by atoms with E-state index in [1.807, 2.05) is 6.92 Å². The van der Waals surface area contributed by atoms with Gasteiger partial charge in [-0.3, -0.25) is 0 Å². The second-order valence-electron chi connectivity index (χ2n) is 4.09. The van der Waals surface area contributed by atoms with Crippen molar-refractivity contribution in [2.24, 2.45) is 0 Å². The topological polar surface area (TPSA) is 87.0 Å². The van der Waals surface area contributed by atoms with Gasteiger partial charge in [0.15, 0.2) is 0 Å². The molecule has 0 saturated carbocycles. The number of carbonyl (C=O) groups is 1. The van der Waals surface area contributed by atoms with E-state index in [9.17, 15) is 9.59 Å². The van der Waals surface area contributed by atoms with Crippen LogP contribution in [0.3, 0.4) is 0 Å². The molecule has 0 bridgehead atoms. The average Bonchev–Trinajstić information content (AvgIpc) is 2.74. The summed E-state index contributed by atoms with van der Waals surface area (Å²) in [5.74, 6) is -0.322. The molecule has 1 atom stereocenters. The van der Waals surface area contributed by atoms with E-state index >= 15 is 0 Å². The fraction of sp³-hybridized carbons (Fsp3) is 0.333. The third kappa shape index (κ3) is 2.81. The smallest absolute Gasteiger partial charge is 0.328 e. The summed E-state index contributed by atoms with van der Waals surface area (Å²) in [4.78, 5) is 28.1. The molecule has 2 rings (SSSR count). The summed E-state index contributed by atoms with van der Waals surface area (Å²) in [5.41, 5.74) is 1.84. The molecule has 7 heteroatoms. The molecule has 1 heterocycles. The van der Waals surface area contributed by atoms with Crippen molar-refractivity contribution in [1.82, 2.24) is 9.97 Å². The summed E-state index contributed by atoms with van der Waals surface area (Å²) >= 11 is 3.40. The van der Waals surface area contributed by atoms with Crippen LogP contribution in [-0.4, -0.2) is 29.1 Å². The number of fused-ring (bicyclic) bond motifs is 1. The van der Waals surface area contributed by atoms with Gasteiger partial charge in [0.05, 0.1) is 23.8 Å². The van der Waals surface area contributed by atoms with Gasteiger partial charge in [-0.05, 0) is 34.5 Å². The zero-order valence-corrected chi connectivity index (χ0v) is 12.1. The van der Waals surface area contributed by atoms with Gasteiger partial charge in [0.1, 0.15) is 6.04 Å². The molecule has 6 nitrogen and oxygen atoms in total. The highest BCUT2D eigenvalue weighted by molar-refractivity contribution is 9.10. The van der Waals surface area contributed by atoms with Crippen LogP contribution in [0.5, 0.6) is 0 Å². The van der Waals surface area contributed by atoms with Gasteiger partial charge in [0.2, 0.25) is 0 Å². The van der Waals surface area contributed by atoms with Crippen LogP contribution in [0.2, 0.25) is 0 Å². The first kappa shape index (κ1) is 13.7. The van der Waals surface area contributed by atoms with Gasteiger partial charge in [-0.15, -0.1) is 0 Å². The van der Waals surface area contributed by atoms with Crippen molar-refractivity contribution in [2.45, 2.75) is 19.4 Å². The fourth-order valence-electron chi connectivity index (χ4n) is 1.82. The standard InChI is InChI=1S/C12H14BrN3O3/c1-3-7(11(17)19-2)14-8-5-10-9(4-6(8)13)15-12(18)16-10/h4-5,7,14H,3H2,1-2H3,(H2,15,16,18). The highest BCUT2D eigenvalue weighted by Gasteiger charge is 2.18. The maximum Gasteiger partial charge on any atom is 0.328 e. The van der Waals surface area contributed by atoms with E-state index in [4.69, 9.17) is 4.74 Å². The Hall–Kier alpha value is -1.76. The van der Waals surface area contributed by atoms with Gasteiger partial charge < -0.3 is 20.0 Å². The van der Waals surface area contributed by atoms with Gasteiger partial charge in [-0.2, -0.15) is 0 Å². The molecule has 3 N–H and O–H groups in total. The Balaban J connectivity index is 2.36. The lowest BCUT2D eigenvalue weighted by molar-refractivity contribution is -0.141. The summed E-state index contributed by atoms with van der Waals surface area (Å²) in [6.07, 6.45) is 0.598. The number of hydrogen-bond acceptors (Lipinski definition) is 4. The van der Waals surface area contributed by atoms with Crippen LogP contribution >= 0.6 is 15.9 Å². The Morgan fingerprint density at radius 2 is 2.05 bits per heavy atom. The zero-order valence-electron chi connectivity index (χ0n) is 10.5. The normalized spacial score (nSPS) is 12.4. The first-order valence-corrected chi connectivity index (χ1v) is 6.60. The number of aromatic nitrogens is 2.